The van der Waals surface area contributed by atoms with E-state index in [2.05, 4.69) is 20.4 Å². The van der Waals surface area contributed by atoms with Crippen LogP contribution in [0.15, 0.2) is 54.9 Å². The Morgan fingerprint density at radius 2 is 1.71 bits per heavy atom. The van der Waals surface area contributed by atoms with E-state index >= 15 is 0 Å². The molecule has 1 aromatic carbocycles. The van der Waals surface area contributed by atoms with E-state index in [0.717, 1.165) is 54.4 Å². The van der Waals surface area contributed by atoms with Crippen LogP contribution in [-0.2, 0) is 0 Å². The summed E-state index contributed by atoms with van der Waals surface area (Å²) in [6, 6.07) is 12.2. The van der Waals surface area contributed by atoms with Crippen LogP contribution in [-0.4, -0.2) is 50.9 Å². The fourth-order valence-electron chi connectivity index (χ4n) is 3.47. The number of aromatic nitrogens is 5. The van der Waals surface area contributed by atoms with Gasteiger partial charge < -0.3 is 10.2 Å². The van der Waals surface area contributed by atoms with Gasteiger partial charge in [-0.15, -0.1) is 0 Å². The van der Waals surface area contributed by atoms with E-state index < -0.39 is 0 Å². The minimum Gasteiger partial charge on any atom is -0.354 e. The lowest BCUT2D eigenvalue weighted by molar-refractivity contribution is 0.585. The van der Waals surface area contributed by atoms with E-state index in [-0.39, 0.29) is 5.82 Å². The minimum atomic E-state index is -0.281. The molecule has 1 N–H and O–H groups in total. The number of piperazine rings is 1. The molecule has 1 fully saturated rings. The lowest BCUT2D eigenvalue weighted by Crippen LogP contribution is -2.43. The van der Waals surface area contributed by atoms with Gasteiger partial charge in [-0.05, 0) is 42.5 Å². The first-order chi connectivity index (χ1) is 13.8. The van der Waals surface area contributed by atoms with Gasteiger partial charge in [0.05, 0.1) is 18.1 Å². The third-order valence-electron chi connectivity index (χ3n) is 4.86. The fourth-order valence-corrected chi connectivity index (χ4v) is 3.47. The van der Waals surface area contributed by atoms with Crippen molar-refractivity contribution < 1.29 is 4.39 Å². The quantitative estimate of drug-likeness (QED) is 0.593. The normalized spacial score (nSPS) is 14.5. The number of halogens is 1. The molecule has 4 aromatic rings. The molecule has 0 aliphatic carbocycles. The number of hydrogen-bond donors (Lipinski definition) is 1. The van der Waals surface area contributed by atoms with Crippen molar-refractivity contribution in [2.45, 2.75) is 0 Å². The van der Waals surface area contributed by atoms with Gasteiger partial charge in [0.1, 0.15) is 23.0 Å². The molecule has 0 spiro atoms. The van der Waals surface area contributed by atoms with Crippen LogP contribution in [0.2, 0.25) is 0 Å². The van der Waals surface area contributed by atoms with Crippen molar-refractivity contribution in [1.29, 1.82) is 0 Å². The first-order valence-electron chi connectivity index (χ1n) is 9.18. The van der Waals surface area contributed by atoms with Crippen molar-refractivity contribution in [2.75, 3.05) is 31.1 Å². The molecule has 0 unspecified atom stereocenters. The number of benzene rings is 1. The number of fused-ring (bicyclic) bond motifs is 1. The van der Waals surface area contributed by atoms with E-state index in [1.54, 1.807) is 24.5 Å². The summed E-state index contributed by atoms with van der Waals surface area (Å²) in [5.41, 5.74) is 3.13. The third-order valence-corrected chi connectivity index (χ3v) is 4.86. The molecule has 1 saturated heterocycles. The molecule has 1 aliphatic rings. The summed E-state index contributed by atoms with van der Waals surface area (Å²) in [4.78, 5) is 11.9. The van der Waals surface area contributed by atoms with E-state index in [1.807, 2.05) is 22.8 Å². The standard InChI is InChI=1S/C20H18FN7/c21-15-3-1-14(2-4-15)19-25-17-5-6-18(27-11-9-22-10-12-27)26-20(17)28(19)16-7-8-23-24-13-16/h1-8,13,22H,9-12H2. The Kier molecular flexibility index (Phi) is 4.17. The molecule has 1 aliphatic heterocycles. The monoisotopic (exact) mass is 375 g/mol. The number of pyridine rings is 1. The molecule has 0 radical (unpaired) electrons. The Morgan fingerprint density at radius 1 is 0.893 bits per heavy atom. The van der Waals surface area contributed by atoms with Gasteiger partial charge in [0.25, 0.3) is 0 Å². The molecule has 0 amide bonds. The molecule has 0 saturated carbocycles. The van der Waals surface area contributed by atoms with Crippen LogP contribution in [0.25, 0.3) is 28.2 Å². The highest BCUT2D eigenvalue weighted by atomic mass is 19.1. The highest BCUT2D eigenvalue weighted by molar-refractivity contribution is 5.81. The molecule has 4 heterocycles. The number of nitrogens with one attached hydrogen (secondary N) is 1. The van der Waals surface area contributed by atoms with Gasteiger partial charge in [0, 0.05) is 31.7 Å². The second-order valence-electron chi connectivity index (χ2n) is 6.63. The smallest absolute Gasteiger partial charge is 0.167 e. The topological polar surface area (TPSA) is 71.8 Å². The van der Waals surface area contributed by atoms with Crippen LogP contribution in [0.1, 0.15) is 0 Å². The second-order valence-corrected chi connectivity index (χ2v) is 6.63. The summed E-state index contributed by atoms with van der Waals surface area (Å²) in [6.07, 6.45) is 3.31. The molecular weight excluding hydrogens is 357 g/mol. The van der Waals surface area contributed by atoms with E-state index in [0.29, 0.717) is 5.82 Å². The summed E-state index contributed by atoms with van der Waals surface area (Å²) in [6.45, 7) is 3.70. The summed E-state index contributed by atoms with van der Waals surface area (Å²) in [5.74, 6) is 1.33. The van der Waals surface area contributed by atoms with Crippen LogP contribution in [0.3, 0.4) is 0 Å². The summed E-state index contributed by atoms with van der Waals surface area (Å²) < 4.78 is 15.4. The summed E-state index contributed by atoms with van der Waals surface area (Å²) in [7, 11) is 0. The van der Waals surface area contributed by atoms with Crippen molar-refractivity contribution in [3.63, 3.8) is 0 Å². The molecule has 140 valence electrons. The van der Waals surface area contributed by atoms with Gasteiger partial charge in [0.15, 0.2) is 5.65 Å². The maximum atomic E-state index is 13.4. The van der Waals surface area contributed by atoms with Crippen LogP contribution >= 0.6 is 0 Å². The Labute approximate surface area is 160 Å². The van der Waals surface area contributed by atoms with Crippen LogP contribution in [0.5, 0.6) is 0 Å². The van der Waals surface area contributed by atoms with Crippen molar-refractivity contribution in [1.82, 2.24) is 30.0 Å². The molecule has 28 heavy (non-hydrogen) atoms. The molecule has 5 rings (SSSR count). The van der Waals surface area contributed by atoms with E-state index in [9.17, 15) is 4.39 Å². The van der Waals surface area contributed by atoms with Crippen molar-refractivity contribution in [3.05, 3.63) is 60.7 Å². The van der Waals surface area contributed by atoms with Crippen LogP contribution < -0.4 is 10.2 Å². The fraction of sp³-hybridized carbons (Fsp3) is 0.200. The predicted molar refractivity (Wildman–Crippen MR) is 105 cm³/mol. The average molecular weight is 375 g/mol. The number of imidazole rings is 1. The van der Waals surface area contributed by atoms with Crippen LogP contribution in [0, 0.1) is 5.82 Å². The van der Waals surface area contributed by atoms with Gasteiger partial charge >= 0.3 is 0 Å². The molecule has 0 atom stereocenters. The lowest BCUT2D eigenvalue weighted by atomic mass is 10.2. The Morgan fingerprint density at radius 3 is 2.46 bits per heavy atom. The SMILES string of the molecule is Fc1ccc(-c2nc3ccc(N4CCNCC4)nc3n2-c2ccnnc2)cc1. The Balaban J connectivity index is 1.71. The molecule has 0 bridgehead atoms. The molecular formula is C20H18FN7. The Hall–Kier alpha value is -3.39. The van der Waals surface area contributed by atoms with E-state index in [4.69, 9.17) is 9.97 Å². The van der Waals surface area contributed by atoms with Gasteiger partial charge in [-0.2, -0.15) is 10.2 Å². The summed E-state index contributed by atoms with van der Waals surface area (Å²) >= 11 is 0. The molecule has 7 nitrogen and oxygen atoms in total. The maximum Gasteiger partial charge on any atom is 0.167 e. The largest absolute Gasteiger partial charge is 0.354 e. The van der Waals surface area contributed by atoms with Gasteiger partial charge in [-0.1, -0.05) is 0 Å². The highest BCUT2D eigenvalue weighted by Gasteiger charge is 2.18. The lowest BCUT2D eigenvalue weighted by Gasteiger charge is -2.28. The van der Waals surface area contributed by atoms with Gasteiger partial charge in [0.2, 0.25) is 0 Å². The molecule has 3 aromatic heterocycles. The number of rotatable bonds is 3. The summed E-state index contributed by atoms with van der Waals surface area (Å²) in [5, 5.41) is 11.2. The minimum absolute atomic E-state index is 0.281. The first kappa shape index (κ1) is 16.8. The Bertz CT molecular complexity index is 1100. The number of hydrogen-bond acceptors (Lipinski definition) is 6. The van der Waals surface area contributed by atoms with Gasteiger partial charge in [-0.3, -0.25) is 4.57 Å². The van der Waals surface area contributed by atoms with E-state index in [1.165, 1.54) is 12.1 Å². The van der Waals surface area contributed by atoms with Crippen molar-refractivity contribution in [2.24, 2.45) is 0 Å². The van der Waals surface area contributed by atoms with Crippen LogP contribution in [0.4, 0.5) is 10.2 Å². The van der Waals surface area contributed by atoms with Crippen molar-refractivity contribution in [3.8, 4) is 17.1 Å². The zero-order valence-corrected chi connectivity index (χ0v) is 15.1. The average Bonchev–Trinajstić information content (AvgIpc) is 3.14. The second kappa shape index (κ2) is 6.97. The zero-order valence-electron chi connectivity index (χ0n) is 15.1. The number of anilines is 1. The van der Waals surface area contributed by atoms with Crippen molar-refractivity contribution >= 4 is 17.0 Å². The maximum absolute atomic E-state index is 13.4. The number of nitrogens with zero attached hydrogens (tertiary/aromatic N) is 6. The third kappa shape index (κ3) is 2.97. The first-order valence-corrected chi connectivity index (χ1v) is 9.18. The zero-order chi connectivity index (χ0) is 18.9. The predicted octanol–water partition coefficient (Wildman–Crippen LogP) is 2.43. The molecule has 8 heteroatoms. The van der Waals surface area contributed by atoms with Gasteiger partial charge in [-0.25, -0.2) is 14.4 Å². The highest BCUT2D eigenvalue weighted by Crippen LogP contribution is 2.29.